The van der Waals surface area contributed by atoms with Crippen molar-refractivity contribution in [3.05, 3.63) is 47.9 Å². The summed E-state index contributed by atoms with van der Waals surface area (Å²) in [5, 5.41) is 4.42. The molecule has 3 aromatic rings. The number of ether oxygens (including phenoxy) is 1. The summed E-state index contributed by atoms with van der Waals surface area (Å²) in [6.45, 7) is 3.98. The second-order valence-electron chi connectivity index (χ2n) is 4.69. The first kappa shape index (κ1) is 12.5. The van der Waals surface area contributed by atoms with Crippen molar-refractivity contribution in [2.75, 3.05) is 7.11 Å². The summed E-state index contributed by atoms with van der Waals surface area (Å²) < 4.78 is 7.04. The molecule has 0 fully saturated rings. The van der Waals surface area contributed by atoms with Crippen LogP contribution in [0, 0.1) is 13.8 Å². The van der Waals surface area contributed by atoms with Crippen LogP contribution < -0.4 is 4.74 Å². The molecule has 0 amide bonds. The number of methoxy groups -OCH3 is 1. The van der Waals surface area contributed by atoms with Gasteiger partial charge in [-0.3, -0.25) is 0 Å². The van der Waals surface area contributed by atoms with Crippen LogP contribution in [0.3, 0.4) is 0 Å². The molecule has 0 radical (unpaired) electrons. The number of rotatable bonds is 3. The van der Waals surface area contributed by atoms with Crippen LogP contribution in [0.2, 0.25) is 0 Å². The Morgan fingerprint density at radius 3 is 2.75 bits per heavy atom. The van der Waals surface area contributed by atoms with Crippen molar-refractivity contribution in [2.45, 2.75) is 13.8 Å². The van der Waals surface area contributed by atoms with Gasteiger partial charge in [0.1, 0.15) is 5.75 Å². The van der Waals surface area contributed by atoms with Crippen molar-refractivity contribution >= 4 is 0 Å². The molecule has 20 heavy (non-hydrogen) atoms. The van der Waals surface area contributed by atoms with Crippen LogP contribution in [0.5, 0.6) is 5.75 Å². The Labute approximate surface area is 117 Å². The average Bonchev–Trinajstić information content (AvgIpc) is 3.05. The summed E-state index contributed by atoms with van der Waals surface area (Å²) in [5.41, 5.74) is 3.99. The summed E-state index contributed by atoms with van der Waals surface area (Å²) in [5.74, 6) is 1.54. The van der Waals surface area contributed by atoms with Gasteiger partial charge in [-0.05, 0) is 32.0 Å². The fourth-order valence-electron chi connectivity index (χ4n) is 2.20. The number of aromatic amines is 1. The minimum absolute atomic E-state index is 0.716. The van der Waals surface area contributed by atoms with Crippen LogP contribution in [0.1, 0.15) is 11.4 Å². The van der Waals surface area contributed by atoms with Crippen LogP contribution in [0.25, 0.3) is 17.2 Å². The van der Waals surface area contributed by atoms with Crippen LogP contribution >= 0.6 is 0 Å². The van der Waals surface area contributed by atoms with E-state index in [9.17, 15) is 0 Å². The zero-order chi connectivity index (χ0) is 14.1. The first-order chi connectivity index (χ1) is 9.67. The van der Waals surface area contributed by atoms with E-state index in [1.807, 2.05) is 44.2 Å². The first-order valence-electron chi connectivity index (χ1n) is 6.40. The average molecular weight is 268 g/mol. The molecule has 0 bridgehead atoms. The highest BCUT2D eigenvalue weighted by Crippen LogP contribution is 2.23. The van der Waals surface area contributed by atoms with E-state index in [4.69, 9.17) is 4.74 Å². The van der Waals surface area contributed by atoms with Crippen molar-refractivity contribution < 1.29 is 4.74 Å². The van der Waals surface area contributed by atoms with Crippen molar-refractivity contribution in [1.29, 1.82) is 0 Å². The van der Waals surface area contributed by atoms with Crippen molar-refractivity contribution in [1.82, 2.24) is 19.7 Å². The molecule has 0 aliphatic heterocycles. The molecule has 0 saturated heterocycles. The van der Waals surface area contributed by atoms with Gasteiger partial charge >= 0.3 is 0 Å². The van der Waals surface area contributed by atoms with Gasteiger partial charge in [0, 0.05) is 11.3 Å². The lowest BCUT2D eigenvalue weighted by Gasteiger charge is -2.02. The van der Waals surface area contributed by atoms with Gasteiger partial charge in [0.05, 0.1) is 24.7 Å². The molecule has 5 nitrogen and oxygen atoms in total. The van der Waals surface area contributed by atoms with Crippen molar-refractivity contribution in [3.63, 3.8) is 0 Å². The molecule has 2 aromatic heterocycles. The summed E-state index contributed by atoms with van der Waals surface area (Å²) in [6, 6.07) is 9.88. The lowest BCUT2D eigenvalue weighted by Crippen LogP contribution is -2.01. The highest BCUT2D eigenvalue weighted by atomic mass is 16.5. The third-order valence-corrected chi connectivity index (χ3v) is 3.15. The number of H-pyrrole nitrogens is 1. The molecule has 1 aromatic carbocycles. The van der Waals surface area contributed by atoms with Gasteiger partial charge in [-0.15, -0.1) is 0 Å². The number of aryl methyl sites for hydroxylation is 2. The molecule has 1 N–H and O–H groups in total. The quantitative estimate of drug-likeness (QED) is 0.794. The van der Waals surface area contributed by atoms with E-state index in [0.717, 1.165) is 28.4 Å². The zero-order valence-corrected chi connectivity index (χ0v) is 11.7. The topological polar surface area (TPSA) is 55.7 Å². The standard InChI is InChI=1S/C15H16N4O/c1-10-7-11(2)19(18-10)15-16-9-14(17-15)12-5-4-6-13(8-12)20-3/h4-9H,1-3H3,(H,16,17). The number of nitrogens with one attached hydrogen (secondary N) is 1. The number of nitrogens with zero attached hydrogens (tertiary/aromatic N) is 3. The minimum Gasteiger partial charge on any atom is -0.497 e. The van der Waals surface area contributed by atoms with Gasteiger partial charge in [0.15, 0.2) is 0 Å². The number of hydrogen-bond donors (Lipinski definition) is 1. The molecule has 0 aliphatic carbocycles. The van der Waals surface area contributed by atoms with Gasteiger partial charge < -0.3 is 9.72 Å². The highest BCUT2D eigenvalue weighted by Gasteiger charge is 2.09. The maximum Gasteiger partial charge on any atom is 0.228 e. The second-order valence-corrected chi connectivity index (χ2v) is 4.69. The molecule has 0 saturated carbocycles. The normalized spacial score (nSPS) is 10.8. The predicted octanol–water partition coefficient (Wildman–Crippen LogP) is 2.89. The Hall–Kier alpha value is -2.56. The van der Waals surface area contributed by atoms with Gasteiger partial charge in [0.2, 0.25) is 5.95 Å². The molecule has 0 aliphatic rings. The van der Waals surface area contributed by atoms with E-state index in [1.54, 1.807) is 18.0 Å². The van der Waals surface area contributed by atoms with Gasteiger partial charge in [-0.2, -0.15) is 5.10 Å². The molecule has 0 spiro atoms. The van der Waals surface area contributed by atoms with E-state index in [2.05, 4.69) is 15.1 Å². The summed E-state index contributed by atoms with van der Waals surface area (Å²) in [7, 11) is 1.66. The maximum atomic E-state index is 5.24. The second kappa shape index (κ2) is 4.85. The lowest BCUT2D eigenvalue weighted by atomic mass is 10.1. The smallest absolute Gasteiger partial charge is 0.228 e. The Kier molecular flexibility index (Phi) is 3.02. The van der Waals surface area contributed by atoms with Crippen molar-refractivity contribution in [3.8, 4) is 23.0 Å². The van der Waals surface area contributed by atoms with Crippen LogP contribution in [-0.4, -0.2) is 26.9 Å². The zero-order valence-electron chi connectivity index (χ0n) is 11.7. The molecular weight excluding hydrogens is 252 g/mol. The number of aromatic nitrogens is 4. The fourth-order valence-corrected chi connectivity index (χ4v) is 2.20. The van der Waals surface area contributed by atoms with Crippen LogP contribution in [-0.2, 0) is 0 Å². The molecule has 0 unspecified atom stereocenters. The molecule has 0 atom stereocenters. The van der Waals surface area contributed by atoms with Gasteiger partial charge in [-0.25, -0.2) is 9.67 Å². The van der Waals surface area contributed by atoms with E-state index >= 15 is 0 Å². The monoisotopic (exact) mass is 268 g/mol. The number of benzene rings is 1. The van der Waals surface area contributed by atoms with Gasteiger partial charge in [0.25, 0.3) is 0 Å². The molecule has 2 heterocycles. The molecule has 102 valence electrons. The minimum atomic E-state index is 0.716. The Balaban J connectivity index is 1.99. The fraction of sp³-hybridized carbons (Fsp3) is 0.200. The Bertz CT molecular complexity index is 742. The third kappa shape index (κ3) is 2.18. The number of imidazole rings is 1. The number of hydrogen-bond acceptors (Lipinski definition) is 3. The van der Waals surface area contributed by atoms with E-state index in [-0.39, 0.29) is 0 Å². The van der Waals surface area contributed by atoms with E-state index in [0.29, 0.717) is 5.95 Å². The van der Waals surface area contributed by atoms with E-state index in [1.165, 1.54) is 0 Å². The molecular formula is C15H16N4O. The van der Waals surface area contributed by atoms with E-state index < -0.39 is 0 Å². The summed E-state index contributed by atoms with van der Waals surface area (Å²) >= 11 is 0. The van der Waals surface area contributed by atoms with Crippen LogP contribution in [0.4, 0.5) is 0 Å². The summed E-state index contributed by atoms with van der Waals surface area (Å²) in [6.07, 6.45) is 1.81. The van der Waals surface area contributed by atoms with Crippen LogP contribution in [0.15, 0.2) is 36.5 Å². The largest absolute Gasteiger partial charge is 0.497 e. The molecule has 5 heteroatoms. The van der Waals surface area contributed by atoms with Gasteiger partial charge in [-0.1, -0.05) is 12.1 Å². The maximum absolute atomic E-state index is 5.24. The predicted molar refractivity (Wildman–Crippen MR) is 77.2 cm³/mol. The Morgan fingerprint density at radius 2 is 2.05 bits per heavy atom. The first-order valence-corrected chi connectivity index (χ1v) is 6.40. The Morgan fingerprint density at radius 1 is 1.20 bits per heavy atom. The summed E-state index contributed by atoms with van der Waals surface area (Å²) in [4.78, 5) is 7.68. The lowest BCUT2D eigenvalue weighted by molar-refractivity contribution is 0.415. The highest BCUT2D eigenvalue weighted by molar-refractivity contribution is 5.61. The molecule has 3 rings (SSSR count). The SMILES string of the molecule is COc1cccc(-c2cnc(-n3nc(C)cc3C)[nH]2)c1. The third-order valence-electron chi connectivity index (χ3n) is 3.15. The van der Waals surface area contributed by atoms with Crippen molar-refractivity contribution in [2.24, 2.45) is 0 Å².